The predicted molar refractivity (Wildman–Crippen MR) is 88.4 cm³/mol. The van der Waals surface area contributed by atoms with Crippen LogP contribution in [0.15, 0.2) is 30.1 Å². The molecule has 3 N–H and O–H groups in total. The van der Waals surface area contributed by atoms with Gasteiger partial charge in [-0.3, -0.25) is 14.7 Å². The van der Waals surface area contributed by atoms with Crippen LogP contribution in [0.1, 0.15) is 5.69 Å². The number of nitrogens with zero attached hydrogens (tertiary/aromatic N) is 4. The van der Waals surface area contributed by atoms with Crippen molar-refractivity contribution >= 4 is 11.6 Å². The van der Waals surface area contributed by atoms with E-state index in [9.17, 15) is 10.1 Å². The number of nitrogens with two attached hydrogens (primary N) is 1. The normalized spacial score (nSPS) is 16.0. The van der Waals surface area contributed by atoms with Crippen LogP contribution in [0.25, 0.3) is 0 Å². The van der Waals surface area contributed by atoms with E-state index < -0.39 is 0 Å². The highest BCUT2D eigenvalue weighted by Gasteiger charge is 2.23. The number of amides is 1. The maximum absolute atomic E-state index is 12.4. The van der Waals surface area contributed by atoms with Gasteiger partial charge in [0.15, 0.2) is 0 Å². The van der Waals surface area contributed by atoms with Crippen LogP contribution in [0.2, 0.25) is 0 Å². The summed E-state index contributed by atoms with van der Waals surface area (Å²) in [4.78, 5) is 20.5. The number of hydrogen-bond donors (Lipinski definition) is 2. The molecule has 0 aromatic carbocycles. The number of pyridine rings is 1. The molecule has 1 fully saturated rings. The lowest BCUT2D eigenvalue weighted by Gasteiger charge is -2.34. The fraction of sp³-hybridized carbons (Fsp3) is 0.438. The highest BCUT2D eigenvalue weighted by Crippen LogP contribution is 2.09. The molecule has 7 heteroatoms. The Bertz CT molecular complexity index is 596. The highest BCUT2D eigenvalue weighted by atomic mass is 16.2. The van der Waals surface area contributed by atoms with E-state index in [2.05, 4.69) is 15.2 Å². The Kier molecular flexibility index (Phi) is 6.09. The lowest BCUT2D eigenvalue weighted by atomic mass is 10.2. The summed E-state index contributed by atoms with van der Waals surface area (Å²) in [6.07, 6.45) is 3.11. The van der Waals surface area contributed by atoms with Crippen LogP contribution < -0.4 is 11.1 Å². The molecule has 122 valence electrons. The quantitative estimate of drug-likeness (QED) is 0.600. The Labute approximate surface area is 136 Å². The van der Waals surface area contributed by atoms with Crippen molar-refractivity contribution in [2.75, 3.05) is 44.6 Å². The summed E-state index contributed by atoms with van der Waals surface area (Å²) < 4.78 is 0. The first-order chi connectivity index (χ1) is 11.1. The van der Waals surface area contributed by atoms with Crippen molar-refractivity contribution in [1.29, 1.82) is 5.26 Å². The van der Waals surface area contributed by atoms with Gasteiger partial charge in [-0.1, -0.05) is 0 Å². The van der Waals surface area contributed by atoms with Crippen LogP contribution in [-0.2, 0) is 4.79 Å². The van der Waals surface area contributed by atoms with Crippen molar-refractivity contribution in [2.45, 2.75) is 6.92 Å². The summed E-state index contributed by atoms with van der Waals surface area (Å²) in [6, 6.07) is 5.68. The molecule has 1 aliphatic rings. The van der Waals surface area contributed by atoms with Gasteiger partial charge in [-0.05, 0) is 19.1 Å². The summed E-state index contributed by atoms with van der Waals surface area (Å²) in [5.41, 5.74) is 7.28. The number of piperazine rings is 1. The molecule has 1 saturated heterocycles. The van der Waals surface area contributed by atoms with E-state index in [1.807, 2.05) is 25.1 Å². The van der Waals surface area contributed by atoms with Gasteiger partial charge in [0.25, 0.3) is 5.91 Å². The molecule has 1 amide bonds. The Morgan fingerprint density at radius 3 is 2.74 bits per heavy atom. The lowest BCUT2D eigenvalue weighted by Crippen LogP contribution is -2.50. The Balaban J connectivity index is 1.95. The summed E-state index contributed by atoms with van der Waals surface area (Å²) in [7, 11) is 0. The first-order valence-electron chi connectivity index (χ1n) is 7.65. The van der Waals surface area contributed by atoms with E-state index >= 15 is 0 Å². The van der Waals surface area contributed by atoms with E-state index in [1.165, 1.54) is 6.20 Å². The van der Waals surface area contributed by atoms with E-state index in [0.29, 0.717) is 19.6 Å². The molecular formula is C16H22N6O. The molecular weight excluding hydrogens is 292 g/mol. The van der Waals surface area contributed by atoms with Crippen LogP contribution in [0, 0.1) is 18.3 Å². The molecule has 0 bridgehead atoms. The van der Waals surface area contributed by atoms with Crippen LogP contribution in [0.4, 0.5) is 5.69 Å². The second kappa shape index (κ2) is 8.27. The van der Waals surface area contributed by atoms with Crippen LogP contribution in [0.3, 0.4) is 0 Å². The highest BCUT2D eigenvalue weighted by molar-refractivity contribution is 5.97. The lowest BCUT2D eigenvalue weighted by molar-refractivity contribution is -0.128. The molecule has 1 aliphatic heterocycles. The molecule has 2 heterocycles. The second-order valence-electron chi connectivity index (χ2n) is 5.42. The van der Waals surface area contributed by atoms with E-state index in [0.717, 1.165) is 31.0 Å². The number of rotatable bonds is 5. The third kappa shape index (κ3) is 4.77. The minimum absolute atomic E-state index is 0.0952. The molecule has 23 heavy (non-hydrogen) atoms. The third-order valence-electron chi connectivity index (χ3n) is 3.75. The Morgan fingerprint density at radius 1 is 1.43 bits per heavy atom. The van der Waals surface area contributed by atoms with Crippen molar-refractivity contribution in [1.82, 2.24) is 14.8 Å². The van der Waals surface area contributed by atoms with Gasteiger partial charge in [-0.25, -0.2) is 0 Å². The molecule has 0 aliphatic carbocycles. The van der Waals surface area contributed by atoms with Gasteiger partial charge in [-0.15, -0.1) is 0 Å². The zero-order chi connectivity index (χ0) is 16.7. The first kappa shape index (κ1) is 16.9. The van der Waals surface area contributed by atoms with Crippen LogP contribution >= 0.6 is 0 Å². The maximum atomic E-state index is 12.4. The molecule has 7 nitrogen and oxygen atoms in total. The summed E-state index contributed by atoms with van der Waals surface area (Å²) in [5, 5.41) is 12.2. The fourth-order valence-corrected chi connectivity index (χ4v) is 2.38. The van der Waals surface area contributed by atoms with E-state index in [-0.39, 0.29) is 11.5 Å². The van der Waals surface area contributed by atoms with Gasteiger partial charge in [0.2, 0.25) is 0 Å². The maximum Gasteiger partial charge on any atom is 0.266 e. The van der Waals surface area contributed by atoms with Crippen molar-refractivity contribution in [3.8, 4) is 6.07 Å². The molecule has 1 aromatic heterocycles. The Hall–Kier alpha value is -2.43. The first-order valence-corrected chi connectivity index (χ1v) is 7.65. The zero-order valence-corrected chi connectivity index (χ0v) is 13.3. The standard InChI is InChI=1S/C16H22N6O/c1-13-2-3-15(12-19-13)20-11-14(10-18)16(23)22-8-6-21(5-4-17)7-9-22/h2-3,11-12,20H,4-9,17H2,1H3/b14-11-. The summed E-state index contributed by atoms with van der Waals surface area (Å²) >= 11 is 0. The van der Waals surface area contributed by atoms with Gasteiger partial charge in [0, 0.05) is 51.2 Å². The average Bonchev–Trinajstić information content (AvgIpc) is 2.58. The Morgan fingerprint density at radius 2 is 2.17 bits per heavy atom. The molecule has 1 aromatic rings. The van der Waals surface area contributed by atoms with Crippen molar-refractivity contribution in [3.63, 3.8) is 0 Å². The number of hydrogen-bond acceptors (Lipinski definition) is 6. The largest absolute Gasteiger partial charge is 0.359 e. The molecule has 0 atom stereocenters. The molecule has 0 saturated carbocycles. The topological polar surface area (TPSA) is 98.3 Å². The third-order valence-corrected chi connectivity index (χ3v) is 3.75. The zero-order valence-electron chi connectivity index (χ0n) is 13.3. The molecule has 2 rings (SSSR count). The molecule has 0 spiro atoms. The van der Waals surface area contributed by atoms with Gasteiger partial charge in [0.05, 0.1) is 11.9 Å². The number of aromatic nitrogens is 1. The minimum Gasteiger partial charge on any atom is -0.359 e. The fourth-order valence-electron chi connectivity index (χ4n) is 2.38. The minimum atomic E-state index is -0.243. The number of anilines is 1. The van der Waals surface area contributed by atoms with Crippen molar-refractivity contribution < 1.29 is 4.79 Å². The summed E-state index contributed by atoms with van der Waals surface area (Å²) in [5.74, 6) is -0.243. The number of nitriles is 1. The van der Waals surface area contributed by atoms with Gasteiger partial charge >= 0.3 is 0 Å². The molecule has 0 unspecified atom stereocenters. The van der Waals surface area contributed by atoms with E-state index in [4.69, 9.17) is 5.73 Å². The SMILES string of the molecule is Cc1ccc(N/C=C(/C#N)C(=O)N2CCN(CCN)CC2)cn1. The summed E-state index contributed by atoms with van der Waals surface area (Å²) in [6.45, 7) is 6.16. The molecule has 0 radical (unpaired) electrons. The van der Waals surface area contributed by atoms with Gasteiger partial charge < -0.3 is 16.0 Å². The van der Waals surface area contributed by atoms with Gasteiger partial charge in [-0.2, -0.15) is 5.26 Å². The second-order valence-corrected chi connectivity index (χ2v) is 5.42. The predicted octanol–water partition coefficient (Wildman–Crippen LogP) is 0.312. The van der Waals surface area contributed by atoms with Crippen molar-refractivity contribution in [2.24, 2.45) is 5.73 Å². The smallest absolute Gasteiger partial charge is 0.266 e. The number of nitrogens with one attached hydrogen (secondary N) is 1. The number of carbonyl (C=O) groups is 1. The van der Waals surface area contributed by atoms with Crippen LogP contribution in [-0.4, -0.2) is 60.0 Å². The monoisotopic (exact) mass is 314 g/mol. The van der Waals surface area contributed by atoms with Crippen LogP contribution in [0.5, 0.6) is 0 Å². The van der Waals surface area contributed by atoms with Gasteiger partial charge in [0.1, 0.15) is 11.6 Å². The number of carbonyl (C=O) groups excluding carboxylic acids is 1. The average molecular weight is 314 g/mol. The van der Waals surface area contributed by atoms with E-state index in [1.54, 1.807) is 11.1 Å². The number of aryl methyl sites for hydroxylation is 1. The van der Waals surface area contributed by atoms with Crippen molar-refractivity contribution in [3.05, 3.63) is 35.8 Å².